The van der Waals surface area contributed by atoms with E-state index in [9.17, 15) is 13.2 Å². The maximum atomic E-state index is 12.7. The van der Waals surface area contributed by atoms with E-state index in [1.165, 1.54) is 0 Å². The minimum Gasteiger partial charge on any atom is -0.495 e. The second-order valence-corrected chi connectivity index (χ2v) is 6.49. The molecule has 0 saturated heterocycles. The van der Waals surface area contributed by atoms with Crippen LogP contribution < -0.4 is 4.74 Å². The Hall–Kier alpha value is -1.67. The molecule has 120 valence electrons. The van der Waals surface area contributed by atoms with Gasteiger partial charge in [-0.1, -0.05) is 0 Å². The van der Waals surface area contributed by atoms with Gasteiger partial charge in [-0.25, -0.2) is 9.97 Å². The molecular weight excluding hydrogens is 393 g/mol. The van der Waals surface area contributed by atoms with Crippen LogP contribution in [0.15, 0.2) is 28.1 Å². The highest BCUT2D eigenvalue weighted by Gasteiger charge is 2.34. The van der Waals surface area contributed by atoms with Crippen LogP contribution in [0.1, 0.15) is 11.3 Å². The lowest BCUT2D eigenvalue weighted by Crippen LogP contribution is -2.05. The van der Waals surface area contributed by atoms with Crippen LogP contribution in [0.5, 0.6) is 5.75 Å². The van der Waals surface area contributed by atoms with Gasteiger partial charge < -0.3 is 4.74 Å². The van der Waals surface area contributed by atoms with E-state index in [1.807, 2.05) is 19.1 Å². The van der Waals surface area contributed by atoms with Gasteiger partial charge in [0, 0.05) is 10.8 Å². The van der Waals surface area contributed by atoms with Crippen LogP contribution in [0.3, 0.4) is 0 Å². The monoisotopic (exact) mass is 402 g/mol. The summed E-state index contributed by atoms with van der Waals surface area (Å²) >= 11 is 4.36. The SMILES string of the molecule is COc1ccc2c(C)cc(-c3nc(C(F)(F)F)cs3)nc2c1Br. The largest absolute Gasteiger partial charge is 0.495 e. The number of aryl methyl sites for hydroxylation is 1. The summed E-state index contributed by atoms with van der Waals surface area (Å²) in [5, 5.41) is 2.13. The number of thiazole rings is 1. The van der Waals surface area contributed by atoms with Crippen molar-refractivity contribution in [2.24, 2.45) is 0 Å². The molecule has 8 heteroatoms. The van der Waals surface area contributed by atoms with E-state index in [4.69, 9.17) is 4.74 Å². The number of halogens is 4. The molecule has 0 atom stereocenters. The van der Waals surface area contributed by atoms with Crippen molar-refractivity contribution in [3.63, 3.8) is 0 Å². The minimum atomic E-state index is -4.45. The number of hydrogen-bond donors (Lipinski definition) is 0. The predicted molar refractivity (Wildman–Crippen MR) is 86.8 cm³/mol. The van der Waals surface area contributed by atoms with Crippen LogP contribution in [0.4, 0.5) is 13.2 Å². The second kappa shape index (κ2) is 5.76. The number of ether oxygens (including phenoxy) is 1. The van der Waals surface area contributed by atoms with Crippen molar-refractivity contribution in [3.05, 3.63) is 39.3 Å². The van der Waals surface area contributed by atoms with E-state index >= 15 is 0 Å². The van der Waals surface area contributed by atoms with Crippen molar-refractivity contribution in [1.82, 2.24) is 9.97 Å². The highest BCUT2D eigenvalue weighted by Crippen LogP contribution is 2.37. The van der Waals surface area contributed by atoms with Crippen LogP contribution in [-0.4, -0.2) is 17.1 Å². The molecule has 0 N–H and O–H groups in total. The molecule has 2 heterocycles. The third-order valence-corrected chi connectivity index (χ3v) is 4.96. The third kappa shape index (κ3) is 2.92. The lowest BCUT2D eigenvalue weighted by Gasteiger charge is -2.09. The molecule has 3 aromatic rings. The Labute approximate surface area is 142 Å². The fourth-order valence-electron chi connectivity index (χ4n) is 2.20. The molecule has 3 rings (SSSR count). The second-order valence-electron chi connectivity index (χ2n) is 4.84. The molecule has 0 aliphatic carbocycles. The Morgan fingerprint density at radius 3 is 2.57 bits per heavy atom. The third-order valence-electron chi connectivity index (χ3n) is 3.32. The van der Waals surface area contributed by atoms with Crippen molar-refractivity contribution in [2.45, 2.75) is 13.1 Å². The van der Waals surface area contributed by atoms with Crippen LogP contribution in [-0.2, 0) is 6.18 Å². The molecule has 1 aromatic carbocycles. The summed E-state index contributed by atoms with van der Waals surface area (Å²) in [5.74, 6) is 0.608. The Morgan fingerprint density at radius 1 is 1.22 bits per heavy atom. The van der Waals surface area contributed by atoms with Gasteiger partial charge in [0.15, 0.2) is 5.69 Å². The van der Waals surface area contributed by atoms with E-state index in [2.05, 4.69) is 25.9 Å². The number of benzene rings is 1. The first kappa shape index (κ1) is 16.2. The summed E-state index contributed by atoms with van der Waals surface area (Å²) in [6, 6.07) is 5.42. The van der Waals surface area contributed by atoms with E-state index in [0.717, 1.165) is 27.7 Å². The molecule has 23 heavy (non-hydrogen) atoms. The Kier molecular flexibility index (Phi) is 4.05. The van der Waals surface area contributed by atoms with E-state index < -0.39 is 11.9 Å². The highest BCUT2D eigenvalue weighted by atomic mass is 79.9. The van der Waals surface area contributed by atoms with Gasteiger partial charge in [-0.05, 0) is 46.6 Å². The van der Waals surface area contributed by atoms with Gasteiger partial charge in [0.05, 0.1) is 22.8 Å². The molecule has 0 aliphatic heterocycles. The maximum absolute atomic E-state index is 12.7. The highest BCUT2D eigenvalue weighted by molar-refractivity contribution is 9.10. The molecule has 3 nitrogen and oxygen atoms in total. The summed E-state index contributed by atoms with van der Waals surface area (Å²) in [7, 11) is 1.54. The number of fused-ring (bicyclic) bond motifs is 1. The zero-order valence-corrected chi connectivity index (χ0v) is 14.4. The van der Waals surface area contributed by atoms with Crippen molar-refractivity contribution < 1.29 is 17.9 Å². The molecule has 0 spiro atoms. The van der Waals surface area contributed by atoms with E-state index in [-0.39, 0.29) is 5.01 Å². The average molecular weight is 403 g/mol. The quantitative estimate of drug-likeness (QED) is 0.570. The standard InChI is InChI=1S/C15H10BrF3N2OS/c1-7-5-9(14-21-11(6-23-14)15(17,18)19)20-13-8(7)3-4-10(22-2)12(13)16/h3-6H,1-2H3. The number of hydrogen-bond acceptors (Lipinski definition) is 4. The summed E-state index contributed by atoms with van der Waals surface area (Å²) in [6.07, 6.45) is -4.45. The summed E-state index contributed by atoms with van der Waals surface area (Å²) in [4.78, 5) is 8.12. The van der Waals surface area contributed by atoms with Crippen LogP contribution >= 0.6 is 27.3 Å². The van der Waals surface area contributed by atoms with Crippen molar-refractivity contribution in [3.8, 4) is 16.5 Å². The van der Waals surface area contributed by atoms with Gasteiger partial charge in [-0.2, -0.15) is 13.2 Å². The van der Waals surface area contributed by atoms with E-state index in [1.54, 1.807) is 13.2 Å². The molecule has 0 bridgehead atoms. The van der Waals surface area contributed by atoms with Crippen molar-refractivity contribution in [2.75, 3.05) is 7.11 Å². The number of nitrogens with zero attached hydrogens (tertiary/aromatic N) is 2. The molecule has 0 aliphatic rings. The fourth-order valence-corrected chi connectivity index (χ4v) is 3.58. The molecular formula is C15H10BrF3N2OS. The van der Waals surface area contributed by atoms with Gasteiger partial charge in [0.2, 0.25) is 0 Å². The average Bonchev–Trinajstić information content (AvgIpc) is 2.98. The number of rotatable bonds is 2. The summed E-state index contributed by atoms with van der Waals surface area (Å²) in [5.41, 5.74) is 1.03. The number of methoxy groups -OCH3 is 1. The first-order valence-electron chi connectivity index (χ1n) is 6.48. The molecule has 2 aromatic heterocycles. The number of aromatic nitrogens is 2. The number of alkyl halides is 3. The minimum absolute atomic E-state index is 0.233. The summed E-state index contributed by atoms with van der Waals surface area (Å²) in [6.45, 7) is 1.88. The first-order chi connectivity index (χ1) is 10.8. The lowest BCUT2D eigenvalue weighted by molar-refractivity contribution is -0.140. The van der Waals surface area contributed by atoms with Gasteiger partial charge in [0.1, 0.15) is 10.8 Å². The smallest absolute Gasteiger partial charge is 0.434 e. The maximum Gasteiger partial charge on any atom is 0.434 e. The molecule has 0 fully saturated rings. The van der Waals surface area contributed by atoms with Crippen molar-refractivity contribution >= 4 is 38.2 Å². The van der Waals surface area contributed by atoms with Crippen LogP contribution in [0, 0.1) is 6.92 Å². The Balaban J connectivity index is 2.19. The van der Waals surface area contributed by atoms with Crippen LogP contribution in [0.25, 0.3) is 21.6 Å². The van der Waals surface area contributed by atoms with Gasteiger partial charge in [0.25, 0.3) is 0 Å². The zero-order valence-electron chi connectivity index (χ0n) is 12.0. The zero-order chi connectivity index (χ0) is 16.8. The molecule has 0 saturated carbocycles. The Morgan fingerprint density at radius 2 is 1.96 bits per heavy atom. The topological polar surface area (TPSA) is 35.0 Å². The molecule has 0 amide bonds. The van der Waals surface area contributed by atoms with E-state index in [0.29, 0.717) is 21.4 Å². The molecule has 0 unspecified atom stereocenters. The lowest BCUT2D eigenvalue weighted by atomic mass is 10.1. The van der Waals surface area contributed by atoms with Crippen LogP contribution in [0.2, 0.25) is 0 Å². The fraction of sp³-hybridized carbons (Fsp3) is 0.200. The Bertz CT molecular complexity index is 892. The first-order valence-corrected chi connectivity index (χ1v) is 8.15. The van der Waals surface area contributed by atoms with Crippen molar-refractivity contribution in [1.29, 1.82) is 0 Å². The summed E-state index contributed by atoms with van der Waals surface area (Å²) < 4.78 is 44.0. The number of pyridine rings is 1. The predicted octanol–water partition coefficient (Wildman–Crippen LogP) is 5.46. The normalized spacial score (nSPS) is 11.9. The molecule has 0 radical (unpaired) electrons. The van der Waals surface area contributed by atoms with Gasteiger partial charge in [-0.3, -0.25) is 0 Å². The van der Waals surface area contributed by atoms with Gasteiger partial charge >= 0.3 is 6.18 Å². The van der Waals surface area contributed by atoms with Gasteiger partial charge in [-0.15, -0.1) is 11.3 Å².